The van der Waals surface area contributed by atoms with E-state index in [1.54, 1.807) is 24.2 Å². The van der Waals surface area contributed by atoms with Gasteiger partial charge in [-0.05, 0) is 111 Å². The maximum atomic E-state index is 13.7. The molecule has 0 unspecified atom stereocenters. The second kappa shape index (κ2) is 12.4. The second-order valence-electron chi connectivity index (χ2n) is 12.5. The maximum absolute atomic E-state index is 13.7. The predicted molar refractivity (Wildman–Crippen MR) is 168 cm³/mol. The summed E-state index contributed by atoms with van der Waals surface area (Å²) >= 11 is 0. The van der Waals surface area contributed by atoms with E-state index in [1.807, 2.05) is 43.5 Å². The van der Waals surface area contributed by atoms with Gasteiger partial charge >= 0.3 is 0 Å². The zero-order valence-electron chi connectivity index (χ0n) is 25.6. The van der Waals surface area contributed by atoms with Crippen LogP contribution in [-0.2, 0) is 11.8 Å². The molecule has 0 atom stereocenters. The summed E-state index contributed by atoms with van der Waals surface area (Å²) in [7, 11) is 3.89. The number of carbonyl (C=O) groups excluding carboxylic acids is 1. The number of pyridine rings is 1. The molecule has 0 saturated carbocycles. The molecule has 0 spiro atoms. The van der Waals surface area contributed by atoms with Gasteiger partial charge in [0, 0.05) is 23.5 Å². The number of piperidine rings is 1. The first kappa shape index (κ1) is 29.5. The largest absolute Gasteiger partial charge is 0.494 e. The average Bonchev–Trinajstić information content (AvgIpc) is 3.47. The fourth-order valence-electron chi connectivity index (χ4n) is 5.57. The first-order chi connectivity index (χ1) is 20.1. The Morgan fingerprint density at radius 1 is 1.12 bits per heavy atom. The lowest BCUT2D eigenvalue weighted by atomic mass is 9.84. The minimum Gasteiger partial charge on any atom is -0.494 e. The van der Waals surface area contributed by atoms with Gasteiger partial charge in [0.2, 0.25) is 0 Å². The molecule has 8 nitrogen and oxygen atoms in total. The highest BCUT2D eigenvalue weighted by Gasteiger charge is 2.23. The molecule has 220 valence electrons. The van der Waals surface area contributed by atoms with Crippen molar-refractivity contribution >= 4 is 11.6 Å². The summed E-state index contributed by atoms with van der Waals surface area (Å²) in [6, 6.07) is 13.8. The SMILES string of the molecule is COc1c(CCC2CCN(C)CC2)cc(C(C)(C)C)cc1NC(=O)c1ccc(C)c(-n2cc(-c3cccnc3)nn2)c1. The number of hydrogen-bond acceptors (Lipinski definition) is 6. The summed E-state index contributed by atoms with van der Waals surface area (Å²) in [5, 5.41) is 11.8. The molecule has 1 aliphatic rings. The quantitative estimate of drug-likeness (QED) is 0.263. The number of methoxy groups -OCH3 is 1. The van der Waals surface area contributed by atoms with Gasteiger partial charge < -0.3 is 15.0 Å². The molecule has 0 radical (unpaired) electrons. The Morgan fingerprint density at radius 3 is 2.60 bits per heavy atom. The number of rotatable bonds is 8. The summed E-state index contributed by atoms with van der Waals surface area (Å²) in [4.78, 5) is 20.3. The van der Waals surface area contributed by atoms with Crippen LogP contribution in [0, 0.1) is 12.8 Å². The van der Waals surface area contributed by atoms with Crippen molar-refractivity contribution in [2.24, 2.45) is 5.92 Å². The lowest BCUT2D eigenvalue weighted by molar-refractivity contribution is 0.102. The summed E-state index contributed by atoms with van der Waals surface area (Å²) in [6.45, 7) is 10.9. The van der Waals surface area contributed by atoms with Crippen LogP contribution in [0.5, 0.6) is 5.75 Å². The molecule has 42 heavy (non-hydrogen) atoms. The monoisotopic (exact) mass is 566 g/mol. The van der Waals surface area contributed by atoms with Gasteiger partial charge in [0.1, 0.15) is 11.4 Å². The molecule has 4 aromatic rings. The Morgan fingerprint density at radius 2 is 1.90 bits per heavy atom. The van der Waals surface area contributed by atoms with Gasteiger partial charge in [0.25, 0.3) is 5.91 Å². The molecule has 0 bridgehead atoms. The number of benzene rings is 2. The van der Waals surface area contributed by atoms with E-state index in [-0.39, 0.29) is 11.3 Å². The lowest BCUT2D eigenvalue weighted by Crippen LogP contribution is -2.30. The van der Waals surface area contributed by atoms with E-state index >= 15 is 0 Å². The van der Waals surface area contributed by atoms with E-state index in [4.69, 9.17) is 4.74 Å². The van der Waals surface area contributed by atoms with E-state index in [1.165, 1.54) is 18.4 Å². The van der Waals surface area contributed by atoms with Crippen molar-refractivity contribution < 1.29 is 9.53 Å². The molecule has 1 saturated heterocycles. The summed E-state index contributed by atoms with van der Waals surface area (Å²) < 4.78 is 7.65. The Balaban J connectivity index is 1.41. The van der Waals surface area contributed by atoms with Crippen LogP contribution >= 0.6 is 0 Å². The highest BCUT2D eigenvalue weighted by molar-refractivity contribution is 6.05. The van der Waals surface area contributed by atoms with Crippen LogP contribution in [-0.4, -0.2) is 58.0 Å². The molecule has 1 N–H and O–H groups in total. The number of nitrogens with one attached hydrogen (secondary N) is 1. The fraction of sp³-hybridized carbons (Fsp3) is 0.412. The number of hydrogen-bond donors (Lipinski definition) is 1. The van der Waals surface area contributed by atoms with Gasteiger partial charge in [-0.1, -0.05) is 38.1 Å². The van der Waals surface area contributed by atoms with Crippen LogP contribution in [0.15, 0.2) is 61.1 Å². The standard InChI is InChI=1S/C34H42N6O2/c1-23-9-11-26(19-31(23)40-22-30(37-38-40)27-8-7-15-35-21-27)33(41)36-29-20-28(34(2,3)4)18-25(32(29)42-6)12-10-24-13-16-39(5)17-14-24/h7-9,11,15,18-22,24H,10,12-14,16-17H2,1-6H3,(H,36,41). The van der Waals surface area contributed by atoms with Gasteiger partial charge in [0.15, 0.2) is 0 Å². The highest BCUT2D eigenvalue weighted by atomic mass is 16.5. The van der Waals surface area contributed by atoms with Crippen LogP contribution in [0.1, 0.15) is 67.1 Å². The fourth-order valence-corrected chi connectivity index (χ4v) is 5.57. The first-order valence-electron chi connectivity index (χ1n) is 14.8. The number of ether oxygens (including phenoxy) is 1. The normalized spacial score (nSPS) is 14.6. The zero-order valence-corrected chi connectivity index (χ0v) is 25.6. The van der Waals surface area contributed by atoms with Crippen LogP contribution in [0.25, 0.3) is 16.9 Å². The first-order valence-corrected chi connectivity index (χ1v) is 14.8. The van der Waals surface area contributed by atoms with Gasteiger partial charge in [-0.2, -0.15) is 0 Å². The van der Waals surface area contributed by atoms with Gasteiger partial charge in [-0.3, -0.25) is 9.78 Å². The summed E-state index contributed by atoms with van der Waals surface area (Å²) in [6.07, 6.45) is 9.83. The Bertz CT molecular complexity index is 1530. The summed E-state index contributed by atoms with van der Waals surface area (Å²) in [5.74, 6) is 1.26. The van der Waals surface area contributed by atoms with E-state index in [0.29, 0.717) is 22.9 Å². The van der Waals surface area contributed by atoms with Crippen molar-refractivity contribution in [3.8, 4) is 22.7 Å². The van der Waals surface area contributed by atoms with Crippen molar-refractivity contribution in [1.82, 2.24) is 24.9 Å². The van der Waals surface area contributed by atoms with Gasteiger partial charge in [-0.15, -0.1) is 5.10 Å². The highest BCUT2D eigenvalue weighted by Crippen LogP contribution is 2.37. The number of carbonyl (C=O) groups is 1. The smallest absolute Gasteiger partial charge is 0.255 e. The molecule has 1 amide bonds. The Labute approximate surface area is 249 Å². The molecule has 3 heterocycles. The number of anilines is 1. The van der Waals surface area contributed by atoms with Crippen LogP contribution in [0.2, 0.25) is 0 Å². The summed E-state index contributed by atoms with van der Waals surface area (Å²) in [5.41, 5.74) is 6.85. The third-order valence-electron chi connectivity index (χ3n) is 8.31. The second-order valence-corrected chi connectivity index (χ2v) is 12.5. The van der Waals surface area contributed by atoms with Crippen LogP contribution in [0.3, 0.4) is 0 Å². The molecule has 1 fully saturated rings. The molecule has 2 aromatic carbocycles. The van der Waals surface area contributed by atoms with Crippen molar-refractivity contribution in [2.75, 3.05) is 32.6 Å². The van der Waals surface area contributed by atoms with E-state index < -0.39 is 0 Å². The minimum absolute atomic E-state index is 0.0792. The molecule has 0 aliphatic carbocycles. The number of likely N-dealkylation sites (tertiary alicyclic amines) is 1. The molecular weight excluding hydrogens is 524 g/mol. The lowest BCUT2D eigenvalue weighted by Gasteiger charge is -2.29. The molecule has 1 aliphatic heterocycles. The van der Waals surface area contributed by atoms with E-state index in [2.05, 4.69) is 65.5 Å². The van der Waals surface area contributed by atoms with Crippen molar-refractivity contribution in [3.05, 3.63) is 83.3 Å². The maximum Gasteiger partial charge on any atom is 0.255 e. The third-order valence-corrected chi connectivity index (χ3v) is 8.31. The number of nitrogens with zero attached hydrogens (tertiary/aromatic N) is 5. The van der Waals surface area contributed by atoms with E-state index in [9.17, 15) is 4.79 Å². The van der Waals surface area contributed by atoms with Crippen LogP contribution in [0.4, 0.5) is 5.69 Å². The van der Waals surface area contributed by atoms with Crippen molar-refractivity contribution in [1.29, 1.82) is 0 Å². The Hall–Kier alpha value is -4.04. The molecular formula is C34H42N6O2. The Kier molecular flexibility index (Phi) is 8.73. The number of amides is 1. The topological polar surface area (TPSA) is 85.2 Å². The zero-order chi connectivity index (χ0) is 29.9. The average molecular weight is 567 g/mol. The van der Waals surface area contributed by atoms with E-state index in [0.717, 1.165) is 54.1 Å². The van der Waals surface area contributed by atoms with Gasteiger partial charge in [0.05, 0.1) is 24.7 Å². The van der Waals surface area contributed by atoms with Crippen LogP contribution < -0.4 is 10.1 Å². The van der Waals surface area contributed by atoms with Gasteiger partial charge in [-0.25, -0.2) is 4.68 Å². The third kappa shape index (κ3) is 6.71. The van der Waals surface area contributed by atoms with Crippen molar-refractivity contribution in [3.63, 3.8) is 0 Å². The number of aryl methyl sites for hydroxylation is 2. The molecule has 2 aromatic heterocycles. The molecule has 8 heteroatoms. The predicted octanol–water partition coefficient (Wildman–Crippen LogP) is 6.47. The van der Waals surface area contributed by atoms with Crippen molar-refractivity contribution in [2.45, 2.75) is 58.8 Å². The minimum atomic E-state index is -0.200. The molecule has 5 rings (SSSR count). The number of aromatic nitrogens is 4.